The quantitative estimate of drug-likeness (QED) is 0.777. The molecule has 0 aromatic heterocycles. The van der Waals surface area contributed by atoms with Crippen LogP contribution in [0.4, 0.5) is 0 Å². The average molecular weight is 412 g/mol. The molecular weight excluding hydrogens is 386 g/mol. The summed E-state index contributed by atoms with van der Waals surface area (Å²) >= 11 is 0. The summed E-state index contributed by atoms with van der Waals surface area (Å²) in [6, 6.07) is 15.2. The summed E-state index contributed by atoms with van der Waals surface area (Å²) < 4.78 is 27.7. The average Bonchev–Trinajstić information content (AvgIpc) is 2.78. The fourth-order valence-corrected chi connectivity index (χ4v) is 5.81. The van der Waals surface area contributed by atoms with Crippen LogP contribution in [0.2, 0.25) is 0 Å². The number of nitriles is 1. The maximum atomic E-state index is 13.1. The molecule has 0 atom stereocenters. The lowest BCUT2D eigenvalue weighted by Crippen LogP contribution is -2.46. The van der Waals surface area contributed by atoms with Crippen LogP contribution in [-0.4, -0.2) is 49.7 Å². The van der Waals surface area contributed by atoms with Crippen molar-refractivity contribution in [3.63, 3.8) is 0 Å². The van der Waals surface area contributed by atoms with Crippen molar-refractivity contribution in [3.8, 4) is 6.07 Å². The van der Waals surface area contributed by atoms with Gasteiger partial charge in [-0.25, -0.2) is 8.42 Å². The molecule has 2 aromatic rings. The maximum absolute atomic E-state index is 13.1. The first-order valence-electron chi connectivity index (χ1n) is 10.2. The molecular formula is C22H25N3O3S. The number of likely N-dealkylation sites (tertiary alicyclic amines) is 1. The Bertz CT molecular complexity index is 1040. The third kappa shape index (κ3) is 4.00. The van der Waals surface area contributed by atoms with Crippen molar-refractivity contribution in [2.24, 2.45) is 11.8 Å². The van der Waals surface area contributed by atoms with Gasteiger partial charge in [-0.2, -0.15) is 9.57 Å². The first-order valence-corrected chi connectivity index (χ1v) is 11.6. The fourth-order valence-electron chi connectivity index (χ4n) is 4.31. The summed E-state index contributed by atoms with van der Waals surface area (Å²) in [6.45, 7) is 1.99. The van der Waals surface area contributed by atoms with E-state index in [0.29, 0.717) is 43.9 Å². The minimum atomic E-state index is -3.57. The van der Waals surface area contributed by atoms with Gasteiger partial charge in [-0.1, -0.05) is 30.3 Å². The van der Waals surface area contributed by atoms with Crippen LogP contribution in [-0.2, 0) is 14.8 Å². The molecule has 6 nitrogen and oxygen atoms in total. The number of hydrogen-bond acceptors (Lipinski definition) is 4. The number of amides is 1. The summed E-state index contributed by atoms with van der Waals surface area (Å²) in [6.07, 6.45) is 2.56. The Balaban J connectivity index is 1.40. The molecule has 2 aliphatic rings. The second-order valence-electron chi connectivity index (χ2n) is 7.92. The predicted octanol–water partition coefficient (Wildman–Crippen LogP) is 3.00. The zero-order chi connectivity index (χ0) is 20.4. The standard InChI is InChI=1S/C22H25N3O3S/c23-16-17-7-11-24(12-8-17)22(26)19-9-13-25(14-10-19)29(27,28)21-6-5-18-3-1-2-4-20(18)15-21/h1-6,15,17,19H,7-14H2. The van der Waals surface area contributed by atoms with E-state index in [-0.39, 0.29) is 17.7 Å². The number of carbonyl (C=O) groups is 1. The van der Waals surface area contributed by atoms with Gasteiger partial charge < -0.3 is 4.90 Å². The van der Waals surface area contributed by atoms with E-state index in [9.17, 15) is 13.2 Å². The SMILES string of the molecule is N#CC1CCN(C(=O)C2CCN(S(=O)(=O)c3ccc4ccccc4c3)CC2)CC1. The van der Waals surface area contributed by atoms with Crippen molar-refractivity contribution in [2.45, 2.75) is 30.6 Å². The van der Waals surface area contributed by atoms with Crippen molar-refractivity contribution < 1.29 is 13.2 Å². The monoisotopic (exact) mass is 411 g/mol. The van der Waals surface area contributed by atoms with Gasteiger partial charge in [0.15, 0.2) is 0 Å². The van der Waals surface area contributed by atoms with Crippen molar-refractivity contribution in [1.29, 1.82) is 5.26 Å². The molecule has 0 aliphatic carbocycles. The molecule has 0 unspecified atom stereocenters. The predicted molar refractivity (Wildman–Crippen MR) is 110 cm³/mol. The van der Waals surface area contributed by atoms with Crippen LogP contribution in [0, 0.1) is 23.2 Å². The van der Waals surface area contributed by atoms with Gasteiger partial charge in [0.2, 0.25) is 15.9 Å². The second-order valence-corrected chi connectivity index (χ2v) is 9.85. The zero-order valence-corrected chi connectivity index (χ0v) is 17.1. The molecule has 2 fully saturated rings. The molecule has 0 saturated carbocycles. The van der Waals surface area contributed by atoms with E-state index in [1.165, 1.54) is 4.31 Å². The maximum Gasteiger partial charge on any atom is 0.243 e. The number of hydrogen-bond donors (Lipinski definition) is 0. The molecule has 1 amide bonds. The molecule has 0 N–H and O–H groups in total. The van der Waals surface area contributed by atoms with Crippen molar-refractivity contribution in [2.75, 3.05) is 26.2 Å². The van der Waals surface area contributed by atoms with Crippen LogP contribution in [0.3, 0.4) is 0 Å². The van der Waals surface area contributed by atoms with Gasteiger partial charge in [-0.15, -0.1) is 0 Å². The summed E-state index contributed by atoms with van der Waals surface area (Å²) in [4.78, 5) is 15.0. The smallest absolute Gasteiger partial charge is 0.243 e. The lowest BCUT2D eigenvalue weighted by molar-refractivity contribution is -0.137. The van der Waals surface area contributed by atoms with Gasteiger partial charge in [0.25, 0.3) is 0 Å². The van der Waals surface area contributed by atoms with Crippen LogP contribution in [0.25, 0.3) is 10.8 Å². The van der Waals surface area contributed by atoms with E-state index in [4.69, 9.17) is 5.26 Å². The Morgan fingerprint density at radius 2 is 1.59 bits per heavy atom. The summed E-state index contributed by atoms with van der Waals surface area (Å²) in [5.41, 5.74) is 0. The van der Waals surface area contributed by atoms with Crippen LogP contribution >= 0.6 is 0 Å². The van der Waals surface area contributed by atoms with E-state index in [2.05, 4.69) is 6.07 Å². The Hall–Kier alpha value is -2.43. The van der Waals surface area contributed by atoms with Crippen molar-refractivity contribution >= 4 is 26.7 Å². The van der Waals surface area contributed by atoms with Crippen LogP contribution in [0.1, 0.15) is 25.7 Å². The summed E-state index contributed by atoms with van der Waals surface area (Å²) in [5.74, 6) is 0.0359. The number of nitrogens with zero attached hydrogens (tertiary/aromatic N) is 3. The normalized spacial score (nSPS) is 19.9. The van der Waals surface area contributed by atoms with E-state index in [1.54, 1.807) is 12.1 Å². The van der Waals surface area contributed by atoms with E-state index < -0.39 is 10.0 Å². The molecule has 7 heteroatoms. The molecule has 29 heavy (non-hydrogen) atoms. The van der Waals surface area contributed by atoms with Gasteiger partial charge >= 0.3 is 0 Å². The van der Waals surface area contributed by atoms with Gasteiger partial charge in [-0.3, -0.25) is 4.79 Å². The molecule has 2 aliphatic heterocycles. The van der Waals surface area contributed by atoms with Crippen LogP contribution < -0.4 is 0 Å². The minimum absolute atomic E-state index is 0.0491. The third-order valence-electron chi connectivity index (χ3n) is 6.15. The Morgan fingerprint density at radius 3 is 2.24 bits per heavy atom. The molecule has 0 spiro atoms. The second kappa shape index (κ2) is 8.13. The highest BCUT2D eigenvalue weighted by Gasteiger charge is 2.34. The van der Waals surface area contributed by atoms with Crippen LogP contribution in [0.15, 0.2) is 47.4 Å². The van der Waals surface area contributed by atoms with Gasteiger partial charge in [-0.05, 0) is 48.6 Å². The lowest BCUT2D eigenvalue weighted by atomic mass is 9.93. The molecule has 152 valence electrons. The minimum Gasteiger partial charge on any atom is -0.342 e. The molecule has 2 aromatic carbocycles. The third-order valence-corrected chi connectivity index (χ3v) is 8.05. The van der Waals surface area contributed by atoms with Gasteiger partial charge in [0.1, 0.15) is 0 Å². The van der Waals surface area contributed by atoms with E-state index in [1.807, 2.05) is 35.2 Å². The van der Waals surface area contributed by atoms with Crippen molar-refractivity contribution in [1.82, 2.24) is 9.21 Å². The highest BCUT2D eigenvalue weighted by atomic mass is 32.2. The van der Waals surface area contributed by atoms with Gasteiger partial charge in [0.05, 0.1) is 11.0 Å². The topological polar surface area (TPSA) is 81.5 Å². The first kappa shape index (κ1) is 19.9. The molecule has 4 rings (SSSR count). The summed E-state index contributed by atoms with van der Waals surface area (Å²) in [7, 11) is -3.57. The van der Waals surface area contributed by atoms with Crippen molar-refractivity contribution in [3.05, 3.63) is 42.5 Å². The number of piperidine rings is 2. The fraction of sp³-hybridized carbons (Fsp3) is 0.455. The van der Waals surface area contributed by atoms with E-state index >= 15 is 0 Å². The number of fused-ring (bicyclic) bond motifs is 1. The number of rotatable bonds is 3. The van der Waals surface area contributed by atoms with Gasteiger partial charge in [0, 0.05) is 38.0 Å². The molecule has 0 bridgehead atoms. The number of sulfonamides is 1. The Labute approximate surface area is 171 Å². The highest BCUT2D eigenvalue weighted by molar-refractivity contribution is 7.89. The highest BCUT2D eigenvalue weighted by Crippen LogP contribution is 2.28. The Kier molecular flexibility index (Phi) is 5.57. The molecule has 2 saturated heterocycles. The molecule has 2 heterocycles. The van der Waals surface area contributed by atoms with E-state index in [0.717, 1.165) is 23.6 Å². The largest absolute Gasteiger partial charge is 0.342 e. The Morgan fingerprint density at radius 1 is 0.931 bits per heavy atom. The summed E-state index contributed by atoms with van der Waals surface area (Å²) in [5, 5.41) is 10.9. The number of carbonyl (C=O) groups excluding carboxylic acids is 1. The first-order chi connectivity index (χ1) is 14.0. The number of benzene rings is 2. The zero-order valence-electron chi connectivity index (χ0n) is 16.3. The molecule has 0 radical (unpaired) electrons. The van der Waals surface area contributed by atoms with Crippen LogP contribution in [0.5, 0.6) is 0 Å². The lowest BCUT2D eigenvalue weighted by Gasteiger charge is -2.36.